The monoisotopic (exact) mass is 236 g/mol. The van der Waals surface area contributed by atoms with Crippen LogP contribution in [0.1, 0.15) is 11.7 Å². The Balaban J connectivity index is 1.88. The van der Waals surface area contributed by atoms with Crippen LogP contribution in [0.3, 0.4) is 0 Å². The van der Waals surface area contributed by atoms with E-state index in [-0.39, 0.29) is 6.04 Å². The molecule has 3 N–H and O–H groups in total. The van der Waals surface area contributed by atoms with E-state index < -0.39 is 6.10 Å². The molecule has 4 heteroatoms. The fourth-order valence-electron chi connectivity index (χ4n) is 2.08. The highest BCUT2D eigenvalue weighted by Gasteiger charge is 2.20. The third-order valence-corrected chi connectivity index (χ3v) is 3.12. The predicted molar refractivity (Wildman–Crippen MR) is 66.6 cm³/mol. The first kappa shape index (κ1) is 12.5. The summed E-state index contributed by atoms with van der Waals surface area (Å²) < 4.78 is 5.28. The number of hydrogen-bond donors (Lipinski definition) is 2. The Kier molecular flexibility index (Phi) is 4.50. The predicted octanol–water partition coefficient (Wildman–Crippen LogP) is 0.380. The van der Waals surface area contributed by atoms with Crippen LogP contribution in [0.15, 0.2) is 30.3 Å². The van der Waals surface area contributed by atoms with Crippen LogP contribution >= 0.6 is 0 Å². The van der Waals surface area contributed by atoms with Gasteiger partial charge in [0.05, 0.1) is 19.3 Å². The lowest BCUT2D eigenvalue weighted by molar-refractivity contribution is 0.0249. The molecule has 2 unspecified atom stereocenters. The van der Waals surface area contributed by atoms with Gasteiger partial charge >= 0.3 is 0 Å². The summed E-state index contributed by atoms with van der Waals surface area (Å²) in [6.07, 6.45) is -0.598. The van der Waals surface area contributed by atoms with Crippen molar-refractivity contribution in [3.63, 3.8) is 0 Å². The van der Waals surface area contributed by atoms with Gasteiger partial charge in [0.1, 0.15) is 0 Å². The van der Waals surface area contributed by atoms with Gasteiger partial charge in [0.15, 0.2) is 0 Å². The van der Waals surface area contributed by atoms with Crippen molar-refractivity contribution < 1.29 is 9.84 Å². The maximum absolute atomic E-state index is 10.1. The molecule has 1 fully saturated rings. The molecule has 94 valence electrons. The first-order valence-corrected chi connectivity index (χ1v) is 6.06. The summed E-state index contributed by atoms with van der Waals surface area (Å²) in [5.74, 6) is 0. The van der Waals surface area contributed by atoms with Gasteiger partial charge in [-0.15, -0.1) is 0 Å². The summed E-state index contributed by atoms with van der Waals surface area (Å²) in [6, 6.07) is 9.33. The molecule has 0 bridgehead atoms. The van der Waals surface area contributed by atoms with Gasteiger partial charge < -0.3 is 15.6 Å². The molecule has 0 amide bonds. The molecule has 1 aliphatic heterocycles. The first-order chi connectivity index (χ1) is 8.27. The minimum absolute atomic E-state index is 0.254. The largest absolute Gasteiger partial charge is 0.387 e. The smallest absolute Gasteiger partial charge is 0.0953 e. The van der Waals surface area contributed by atoms with E-state index in [0.29, 0.717) is 6.54 Å². The molecule has 2 rings (SSSR count). The van der Waals surface area contributed by atoms with Crippen LogP contribution in [0.4, 0.5) is 0 Å². The maximum atomic E-state index is 10.1. The number of rotatable bonds is 4. The Labute approximate surface area is 102 Å². The van der Waals surface area contributed by atoms with Crippen LogP contribution < -0.4 is 5.73 Å². The van der Waals surface area contributed by atoms with Crippen molar-refractivity contribution in [2.75, 3.05) is 32.8 Å². The molecule has 0 aromatic heterocycles. The topological polar surface area (TPSA) is 58.7 Å². The van der Waals surface area contributed by atoms with Crippen molar-refractivity contribution in [1.82, 2.24) is 4.90 Å². The van der Waals surface area contributed by atoms with Crippen molar-refractivity contribution in [1.29, 1.82) is 0 Å². The van der Waals surface area contributed by atoms with Gasteiger partial charge in [-0.2, -0.15) is 0 Å². The van der Waals surface area contributed by atoms with Gasteiger partial charge in [-0.1, -0.05) is 30.3 Å². The van der Waals surface area contributed by atoms with Crippen LogP contribution in [0.5, 0.6) is 0 Å². The van der Waals surface area contributed by atoms with E-state index >= 15 is 0 Å². The summed E-state index contributed by atoms with van der Waals surface area (Å²) in [5.41, 5.74) is 6.93. The van der Waals surface area contributed by atoms with Crippen molar-refractivity contribution in [3.8, 4) is 0 Å². The number of ether oxygens (including phenoxy) is 1. The van der Waals surface area contributed by atoms with Crippen LogP contribution in [-0.2, 0) is 4.74 Å². The zero-order valence-corrected chi connectivity index (χ0v) is 9.96. The molecule has 17 heavy (non-hydrogen) atoms. The molecule has 1 aromatic rings. The minimum atomic E-state index is -0.598. The van der Waals surface area contributed by atoms with Crippen LogP contribution in [-0.4, -0.2) is 48.9 Å². The number of nitrogens with two attached hydrogens (primary N) is 1. The first-order valence-electron chi connectivity index (χ1n) is 6.06. The Morgan fingerprint density at radius 2 is 1.88 bits per heavy atom. The van der Waals surface area contributed by atoms with E-state index in [9.17, 15) is 5.11 Å². The number of morpholine rings is 1. The molecule has 1 heterocycles. The highest BCUT2D eigenvalue weighted by molar-refractivity contribution is 5.18. The number of aliphatic hydroxyl groups is 1. The van der Waals surface area contributed by atoms with Crippen LogP contribution in [0.2, 0.25) is 0 Å². The average molecular weight is 236 g/mol. The Morgan fingerprint density at radius 1 is 1.24 bits per heavy atom. The van der Waals surface area contributed by atoms with Crippen molar-refractivity contribution in [2.24, 2.45) is 5.73 Å². The van der Waals surface area contributed by atoms with Crippen LogP contribution in [0, 0.1) is 0 Å². The average Bonchev–Trinajstić information content (AvgIpc) is 2.40. The van der Waals surface area contributed by atoms with E-state index in [0.717, 1.165) is 31.9 Å². The van der Waals surface area contributed by atoms with E-state index in [4.69, 9.17) is 10.5 Å². The molecular weight excluding hydrogens is 216 g/mol. The molecule has 0 saturated carbocycles. The standard InChI is InChI=1S/C13H20N2O2/c14-12(10-15-6-8-17-9-7-15)13(16)11-4-2-1-3-5-11/h1-5,12-13,16H,6-10,14H2. The summed E-state index contributed by atoms with van der Waals surface area (Å²) >= 11 is 0. The molecule has 4 nitrogen and oxygen atoms in total. The third kappa shape index (κ3) is 3.51. The van der Waals surface area contributed by atoms with E-state index in [1.807, 2.05) is 30.3 Å². The zero-order valence-electron chi connectivity index (χ0n) is 9.96. The molecule has 0 radical (unpaired) electrons. The lowest BCUT2D eigenvalue weighted by Gasteiger charge is -2.30. The van der Waals surface area contributed by atoms with Gasteiger partial charge in [0.25, 0.3) is 0 Å². The molecule has 0 aliphatic carbocycles. The van der Waals surface area contributed by atoms with Crippen molar-refractivity contribution in [3.05, 3.63) is 35.9 Å². The summed E-state index contributed by atoms with van der Waals surface area (Å²) in [4.78, 5) is 2.24. The Hall–Kier alpha value is -0.940. The normalized spacial score (nSPS) is 21.1. The van der Waals surface area contributed by atoms with Gasteiger partial charge in [-0.25, -0.2) is 0 Å². The number of hydrogen-bond acceptors (Lipinski definition) is 4. The summed E-state index contributed by atoms with van der Waals surface area (Å²) in [7, 11) is 0. The van der Waals surface area contributed by atoms with Crippen molar-refractivity contribution in [2.45, 2.75) is 12.1 Å². The van der Waals surface area contributed by atoms with Gasteiger partial charge in [0, 0.05) is 25.7 Å². The van der Waals surface area contributed by atoms with Crippen LogP contribution in [0.25, 0.3) is 0 Å². The zero-order chi connectivity index (χ0) is 12.1. The second kappa shape index (κ2) is 6.12. The molecule has 1 aromatic carbocycles. The second-order valence-corrected chi connectivity index (χ2v) is 4.43. The number of aliphatic hydroxyl groups excluding tert-OH is 1. The number of nitrogens with zero attached hydrogens (tertiary/aromatic N) is 1. The third-order valence-electron chi connectivity index (χ3n) is 3.12. The van der Waals surface area contributed by atoms with Gasteiger partial charge in [-0.3, -0.25) is 4.90 Å². The van der Waals surface area contributed by atoms with E-state index in [1.54, 1.807) is 0 Å². The fourth-order valence-corrected chi connectivity index (χ4v) is 2.08. The maximum Gasteiger partial charge on any atom is 0.0953 e. The number of benzene rings is 1. The Morgan fingerprint density at radius 3 is 2.53 bits per heavy atom. The summed E-state index contributed by atoms with van der Waals surface area (Å²) in [5, 5.41) is 10.1. The van der Waals surface area contributed by atoms with Gasteiger partial charge in [-0.05, 0) is 5.56 Å². The van der Waals surface area contributed by atoms with E-state index in [1.165, 1.54) is 0 Å². The Bertz CT molecular complexity index is 325. The second-order valence-electron chi connectivity index (χ2n) is 4.43. The molecule has 0 spiro atoms. The highest BCUT2D eigenvalue weighted by atomic mass is 16.5. The molecule has 1 saturated heterocycles. The lowest BCUT2D eigenvalue weighted by atomic mass is 10.0. The SMILES string of the molecule is NC(CN1CCOCC1)C(O)c1ccccc1. The molecule has 2 atom stereocenters. The highest BCUT2D eigenvalue weighted by Crippen LogP contribution is 2.16. The fraction of sp³-hybridized carbons (Fsp3) is 0.538. The summed E-state index contributed by atoms with van der Waals surface area (Å²) in [6.45, 7) is 4.02. The molecular formula is C13H20N2O2. The van der Waals surface area contributed by atoms with Crippen molar-refractivity contribution >= 4 is 0 Å². The quantitative estimate of drug-likeness (QED) is 0.793. The van der Waals surface area contributed by atoms with Gasteiger partial charge in [0.2, 0.25) is 0 Å². The molecule has 1 aliphatic rings. The minimum Gasteiger partial charge on any atom is -0.387 e. The van der Waals surface area contributed by atoms with E-state index in [2.05, 4.69) is 4.90 Å². The lowest BCUT2D eigenvalue weighted by Crippen LogP contribution is -2.45.